The maximum absolute atomic E-state index is 6.15. The molecule has 2 aromatic rings. The maximum Gasteiger partial charge on any atom is 0.135 e. The van der Waals surface area contributed by atoms with E-state index in [0.717, 1.165) is 30.0 Å². The first-order valence-corrected chi connectivity index (χ1v) is 7.59. The van der Waals surface area contributed by atoms with E-state index in [9.17, 15) is 0 Å². The number of rotatable bonds is 2. The molecule has 3 nitrogen and oxygen atoms in total. The van der Waals surface area contributed by atoms with Crippen LogP contribution < -0.4 is 4.90 Å². The van der Waals surface area contributed by atoms with E-state index in [1.807, 2.05) is 18.7 Å². The van der Waals surface area contributed by atoms with Crippen LogP contribution in [0.5, 0.6) is 0 Å². The van der Waals surface area contributed by atoms with Gasteiger partial charge in [-0.1, -0.05) is 25.1 Å². The smallest absolute Gasteiger partial charge is 0.135 e. The van der Waals surface area contributed by atoms with Gasteiger partial charge in [0.15, 0.2) is 0 Å². The van der Waals surface area contributed by atoms with Gasteiger partial charge in [-0.3, -0.25) is 4.68 Å². The Kier molecular flexibility index (Phi) is 3.47. The fourth-order valence-electron chi connectivity index (χ4n) is 3.18. The first-order chi connectivity index (χ1) is 9.61. The molecular formula is C16H20ClN3. The van der Waals surface area contributed by atoms with Crippen LogP contribution in [-0.2, 0) is 19.3 Å². The third-order valence-electron chi connectivity index (χ3n) is 4.05. The summed E-state index contributed by atoms with van der Waals surface area (Å²) in [5, 5.41) is 4.55. The Hall–Kier alpha value is -1.48. The number of hydrogen-bond donors (Lipinski definition) is 0. The number of aryl methyl sites for hydroxylation is 2. The van der Waals surface area contributed by atoms with E-state index in [4.69, 9.17) is 11.6 Å². The number of para-hydroxylation sites is 1. The van der Waals surface area contributed by atoms with Crippen LogP contribution in [0, 0.1) is 12.8 Å². The average Bonchev–Trinajstić information content (AvgIpc) is 2.71. The normalized spacial score (nSPS) is 18.2. The van der Waals surface area contributed by atoms with Crippen molar-refractivity contribution in [2.24, 2.45) is 13.0 Å². The van der Waals surface area contributed by atoms with Gasteiger partial charge in [-0.15, -0.1) is 11.6 Å². The molecule has 1 aliphatic heterocycles. The Labute approximate surface area is 125 Å². The van der Waals surface area contributed by atoms with E-state index in [-0.39, 0.29) is 0 Å². The highest BCUT2D eigenvalue weighted by Gasteiger charge is 2.27. The zero-order chi connectivity index (χ0) is 14.3. The lowest BCUT2D eigenvalue weighted by molar-refractivity contribution is 0.553. The van der Waals surface area contributed by atoms with Crippen LogP contribution in [0.4, 0.5) is 11.5 Å². The van der Waals surface area contributed by atoms with Crippen LogP contribution in [0.15, 0.2) is 24.3 Å². The predicted molar refractivity (Wildman–Crippen MR) is 83.8 cm³/mol. The highest BCUT2D eigenvalue weighted by atomic mass is 35.5. The molecule has 0 fully saturated rings. The molecule has 0 bridgehead atoms. The minimum absolute atomic E-state index is 0.502. The van der Waals surface area contributed by atoms with Crippen LogP contribution in [-0.4, -0.2) is 16.3 Å². The van der Waals surface area contributed by atoms with Crippen LogP contribution in [0.25, 0.3) is 0 Å². The summed E-state index contributed by atoms with van der Waals surface area (Å²) in [6, 6.07) is 8.64. The fourth-order valence-corrected chi connectivity index (χ4v) is 3.49. The Balaban J connectivity index is 2.16. The standard InChI is InChI=1S/C16H20ClN3/c1-11-8-13-6-4-5-7-15(13)20(10-11)16-14(9-17)12(2)18-19(16)3/h4-7,11H,8-10H2,1-3H3. The molecule has 0 aliphatic carbocycles. The van der Waals surface area contributed by atoms with Gasteiger partial charge in [-0.25, -0.2) is 0 Å². The van der Waals surface area contributed by atoms with E-state index in [2.05, 4.69) is 41.2 Å². The molecule has 0 radical (unpaired) electrons. The van der Waals surface area contributed by atoms with Crippen molar-refractivity contribution >= 4 is 23.1 Å². The highest BCUT2D eigenvalue weighted by molar-refractivity contribution is 6.17. The average molecular weight is 290 g/mol. The molecular weight excluding hydrogens is 270 g/mol. The van der Waals surface area contributed by atoms with Gasteiger partial charge < -0.3 is 4.90 Å². The van der Waals surface area contributed by atoms with Crippen LogP contribution in [0.3, 0.4) is 0 Å². The molecule has 1 aromatic carbocycles. The maximum atomic E-state index is 6.15. The first-order valence-electron chi connectivity index (χ1n) is 7.05. The topological polar surface area (TPSA) is 21.1 Å². The highest BCUT2D eigenvalue weighted by Crippen LogP contribution is 2.37. The number of alkyl halides is 1. The summed E-state index contributed by atoms with van der Waals surface area (Å²) < 4.78 is 1.96. The van der Waals surface area contributed by atoms with Crippen molar-refractivity contribution in [3.63, 3.8) is 0 Å². The van der Waals surface area contributed by atoms with Crippen LogP contribution >= 0.6 is 11.6 Å². The fraction of sp³-hybridized carbons (Fsp3) is 0.438. The van der Waals surface area contributed by atoms with E-state index in [1.54, 1.807) is 0 Å². The minimum Gasteiger partial charge on any atom is -0.326 e. The molecule has 0 amide bonds. The number of aromatic nitrogens is 2. The van der Waals surface area contributed by atoms with E-state index in [1.165, 1.54) is 11.3 Å². The minimum atomic E-state index is 0.502. The van der Waals surface area contributed by atoms with Gasteiger partial charge in [0.2, 0.25) is 0 Å². The number of anilines is 2. The summed E-state index contributed by atoms with van der Waals surface area (Å²) in [5.41, 5.74) is 4.86. The third kappa shape index (κ3) is 2.10. The van der Waals surface area contributed by atoms with Gasteiger partial charge in [-0.2, -0.15) is 5.10 Å². The van der Waals surface area contributed by atoms with Gasteiger partial charge >= 0.3 is 0 Å². The Morgan fingerprint density at radius 1 is 1.35 bits per heavy atom. The van der Waals surface area contributed by atoms with Crippen molar-refractivity contribution in [3.05, 3.63) is 41.1 Å². The second kappa shape index (κ2) is 5.13. The van der Waals surface area contributed by atoms with E-state index >= 15 is 0 Å². The van der Waals surface area contributed by atoms with Gasteiger partial charge in [0, 0.05) is 24.8 Å². The van der Waals surface area contributed by atoms with Gasteiger partial charge in [0.25, 0.3) is 0 Å². The molecule has 1 unspecified atom stereocenters. The number of halogens is 1. The van der Waals surface area contributed by atoms with Crippen molar-refractivity contribution in [2.75, 3.05) is 11.4 Å². The molecule has 1 aliphatic rings. The van der Waals surface area contributed by atoms with Crippen molar-refractivity contribution in [3.8, 4) is 0 Å². The number of nitrogens with zero attached hydrogens (tertiary/aromatic N) is 3. The van der Waals surface area contributed by atoms with Gasteiger partial charge in [0.05, 0.1) is 11.6 Å². The monoisotopic (exact) mass is 289 g/mol. The summed E-state index contributed by atoms with van der Waals surface area (Å²) in [6.45, 7) is 5.34. The molecule has 0 spiro atoms. The predicted octanol–water partition coefficient (Wildman–Crippen LogP) is 3.80. The van der Waals surface area contributed by atoms with Gasteiger partial charge in [0.1, 0.15) is 5.82 Å². The van der Waals surface area contributed by atoms with Gasteiger partial charge in [-0.05, 0) is 30.9 Å². The summed E-state index contributed by atoms with van der Waals surface area (Å²) >= 11 is 6.15. The lowest BCUT2D eigenvalue weighted by atomic mass is 9.93. The molecule has 2 heterocycles. The molecule has 0 saturated heterocycles. The molecule has 4 heteroatoms. The number of hydrogen-bond acceptors (Lipinski definition) is 2. The zero-order valence-electron chi connectivity index (χ0n) is 12.2. The van der Waals surface area contributed by atoms with E-state index in [0.29, 0.717) is 11.8 Å². The van der Waals surface area contributed by atoms with E-state index < -0.39 is 0 Å². The van der Waals surface area contributed by atoms with Crippen molar-refractivity contribution in [2.45, 2.75) is 26.1 Å². The lowest BCUT2D eigenvalue weighted by Gasteiger charge is -2.35. The second-order valence-corrected chi connectivity index (χ2v) is 5.96. The molecule has 106 valence electrons. The number of benzene rings is 1. The first kappa shape index (κ1) is 13.5. The summed E-state index contributed by atoms with van der Waals surface area (Å²) in [4.78, 5) is 2.38. The van der Waals surface area contributed by atoms with Crippen molar-refractivity contribution < 1.29 is 0 Å². The van der Waals surface area contributed by atoms with Crippen LogP contribution in [0.1, 0.15) is 23.7 Å². The van der Waals surface area contributed by atoms with Crippen molar-refractivity contribution in [1.82, 2.24) is 9.78 Å². The molecule has 1 atom stereocenters. The zero-order valence-corrected chi connectivity index (χ0v) is 13.0. The quantitative estimate of drug-likeness (QED) is 0.784. The Morgan fingerprint density at radius 3 is 2.85 bits per heavy atom. The largest absolute Gasteiger partial charge is 0.326 e. The number of fused-ring (bicyclic) bond motifs is 1. The molecule has 20 heavy (non-hydrogen) atoms. The molecule has 0 saturated carbocycles. The van der Waals surface area contributed by atoms with Crippen molar-refractivity contribution in [1.29, 1.82) is 0 Å². The third-order valence-corrected chi connectivity index (χ3v) is 4.31. The Bertz CT molecular complexity index is 633. The molecule has 1 aromatic heterocycles. The lowest BCUT2D eigenvalue weighted by Crippen LogP contribution is -2.32. The Morgan fingerprint density at radius 2 is 2.10 bits per heavy atom. The SMILES string of the molecule is Cc1nn(C)c(N2CC(C)Cc3ccccc32)c1CCl. The van der Waals surface area contributed by atoms with Crippen LogP contribution in [0.2, 0.25) is 0 Å². The summed E-state index contributed by atoms with van der Waals surface area (Å²) in [7, 11) is 2.00. The summed E-state index contributed by atoms with van der Waals surface area (Å²) in [6.07, 6.45) is 1.14. The molecule has 0 N–H and O–H groups in total. The molecule has 3 rings (SSSR count). The second-order valence-electron chi connectivity index (χ2n) is 5.69. The summed E-state index contributed by atoms with van der Waals surface area (Å²) in [5.74, 6) is 2.27.